The summed E-state index contributed by atoms with van der Waals surface area (Å²) in [4.78, 5) is 13.1. The first-order valence-electron chi connectivity index (χ1n) is 8.47. The van der Waals surface area contributed by atoms with Crippen LogP contribution in [0.5, 0.6) is 0 Å². The maximum absolute atomic E-state index is 13.1. The third-order valence-electron chi connectivity index (χ3n) is 3.90. The number of nitrogens with zero attached hydrogens (tertiary/aromatic N) is 2. The number of carbonyl (C=O) groups is 1. The second-order valence-electron chi connectivity index (χ2n) is 6.12. The fourth-order valence-electron chi connectivity index (χ4n) is 2.67. The zero-order chi connectivity index (χ0) is 17.6. The first kappa shape index (κ1) is 16.8. The van der Waals surface area contributed by atoms with Gasteiger partial charge >= 0.3 is 0 Å². The van der Waals surface area contributed by atoms with Gasteiger partial charge < -0.3 is 0 Å². The third-order valence-corrected chi connectivity index (χ3v) is 3.90. The molecule has 0 aromatic heterocycles. The van der Waals surface area contributed by atoms with Crippen molar-refractivity contribution >= 4 is 23.0 Å². The van der Waals surface area contributed by atoms with Crippen LogP contribution in [0.25, 0.3) is 0 Å². The molecule has 3 aromatic rings. The highest BCUT2D eigenvalue weighted by molar-refractivity contribution is 5.99. The summed E-state index contributed by atoms with van der Waals surface area (Å²) in [6.07, 6.45) is 0. The van der Waals surface area contributed by atoms with Gasteiger partial charge in [0.1, 0.15) is 0 Å². The Bertz CT molecular complexity index is 762. The van der Waals surface area contributed by atoms with Crippen molar-refractivity contribution in [3.63, 3.8) is 0 Å². The number of hydrazine groups is 1. The Kier molecular flexibility index (Phi) is 5.14. The van der Waals surface area contributed by atoms with Gasteiger partial charge in [0.25, 0.3) is 0 Å². The van der Waals surface area contributed by atoms with Crippen LogP contribution in [0.4, 0.5) is 17.1 Å². The summed E-state index contributed by atoms with van der Waals surface area (Å²) in [5.74, 6) is -0.0889. The summed E-state index contributed by atoms with van der Waals surface area (Å²) in [6, 6.07) is 29.7. The van der Waals surface area contributed by atoms with E-state index in [9.17, 15) is 4.79 Å². The van der Waals surface area contributed by atoms with Crippen molar-refractivity contribution in [2.45, 2.75) is 13.8 Å². The van der Waals surface area contributed by atoms with E-state index in [2.05, 4.69) is 0 Å². The topological polar surface area (TPSA) is 23.6 Å². The van der Waals surface area contributed by atoms with Crippen LogP contribution < -0.4 is 10.0 Å². The molecule has 0 N–H and O–H groups in total. The van der Waals surface area contributed by atoms with Gasteiger partial charge in [-0.15, -0.1) is 0 Å². The Morgan fingerprint density at radius 3 is 1.36 bits per heavy atom. The molecule has 0 atom stereocenters. The molecule has 126 valence electrons. The van der Waals surface area contributed by atoms with E-state index >= 15 is 0 Å². The van der Waals surface area contributed by atoms with Crippen LogP contribution in [0.15, 0.2) is 91.0 Å². The number of hydrogen-bond donors (Lipinski definition) is 0. The molecule has 0 heterocycles. The highest BCUT2D eigenvalue weighted by atomic mass is 16.2. The average molecular weight is 330 g/mol. The van der Waals surface area contributed by atoms with E-state index in [1.165, 1.54) is 0 Å². The van der Waals surface area contributed by atoms with Crippen LogP contribution in [0.1, 0.15) is 13.8 Å². The average Bonchev–Trinajstić information content (AvgIpc) is 2.67. The Labute approximate surface area is 149 Å². The lowest BCUT2D eigenvalue weighted by Crippen LogP contribution is -2.46. The largest absolute Gasteiger partial charge is 0.272 e. The van der Waals surface area contributed by atoms with E-state index in [1.54, 1.807) is 5.01 Å². The predicted octanol–water partition coefficient (Wildman–Crippen LogP) is 5.43. The van der Waals surface area contributed by atoms with Crippen molar-refractivity contribution in [2.24, 2.45) is 5.92 Å². The fraction of sp³-hybridized carbons (Fsp3) is 0.136. The molecular weight excluding hydrogens is 308 g/mol. The van der Waals surface area contributed by atoms with Gasteiger partial charge in [0.05, 0.1) is 17.1 Å². The lowest BCUT2D eigenvalue weighted by molar-refractivity contribution is -0.121. The van der Waals surface area contributed by atoms with Gasteiger partial charge in [-0.1, -0.05) is 68.4 Å². The molecule has 0 saturated heterocycles. The minimum atomic E-state index is -0.130. The zero-order valence-corrected chi connectivity index (χ0v) is 14.5. The molecule has 0 aliphatic rings. The molecular formula is C22H22N2O. The third kappa shape index (κ3) is 3.72. The number of hydrogen-bond acceptors (Lipinski definition) is 2. The lowest BCUT2D eigenvalue weighted by atomic mass is 10.1. The maximum Gasteiger partial charge on any atom is 0.248 e. The SMILES string of the molecule is CC(C)C(=O)N(c1ccccc1)N(c1ccccc1)c1ccccc1. The second-order valence-corrected chi connectivity index (χ2v) is 6.12. The Morgan fingerprint density at radius 1 is 0.640 bits per heavy atom. The molecule has 0 fully saturated rings. The molecule has 3 aromatic carbocycles. The van der Waals surface area contributed by atoms with E-state index < -0.39 is 0 Å². The van der Waals surface area contributed by atoms with Crippen LogP contribution in [-0.4, -0.2) is 5.91 Å². The Hall–Kier alpha value is -3.07. The number of carbonyl (C=O) groups excluding carboxylic acids is 1. The summed E-state index contributed by atoms with van der Waals surface area (Å²) in [7, 11) is 0. The van der Waals surface area contributed by atoms with Gasteiger partial charge in [0.2, 0.25) is 5.91 Å². The van der Waals surface area contributed by atoms with E-state index in [1.807, 2.05) is 110 Å². The molecule has 0 unspecified atom stereocenters. The van der Waals surface area contributed by atoms with Crippen molar-refractivity contribution in [2.75, 3.05) is 10.0 Å². The standard InChI is InChI=1S/C22H22N2O/c1-18(2)22(25)24(21-16-10-5-11-17-21)23(19-12-6-3-7-13-19)20-14-8-4-9-15-20/h3-18H,1-2H3. The fourth-order valence-corrected chi connectivity index (χ4v) is 2.67. The predicted molar refractivity (Wildman–Crippen MR) is 104 cm³/mol. The number of para-hydroxylation sites is 3. The van der Waals surface area contributed by atoms with Gasteiger partial charge in [0, 0.05) is 5.92 Å². The van der Waals surface area contributed by atoms with Crippen molar-refractivity contribution < 1.29 is 4.79 Å². The highest BCUT2D eigenvalue weighted by Crippen LogP contribution is 2.31. The number of rotatable bonds is 5. The summed E-state index contributed by atoms with van der Waals surface area (Å²) in [5.41, 5.74) is 2.71. The van der Waals surface area contributed by atoms with E-state index in [0.717, 1.165) is 17.1 Å². The second kappa shape index (κ2) is 7.67. The van der Waals surface area contributed by atoms with Crippen LogP contribution in [-0.2, 0) is 4.79 Å². The van der Waals surface area contributed by atoms with Crippen molar-refractivity contribution in [1.82, 2.24) is 0 Å². The first-order chi connectivity index (χ1) is 12.2. The molecule has 3 nitrogen and oxygen atoms in total. The molecule has 0 aliphatic heterocycles. The highest BCUT2D eigenvalue weighted by Gasteiger charge is 2.27. The molecule has 0 aliphatic carbocycles. The summed E-state index contributed by atoms with van der Waals surface area (Å²) >= 11 is 0. The van der Waals surface area contributed by atoms with E-state index in [4.69, 9.17) is 0 Å². The van der Waals surface area contributed by atoms with Crippen LogP contribution in [0.2, 0.25) is 0 Å². The van der Waals surface area contributed by atoms with Crippen LogP contribution in [0, 0.1) is 5.92 Å². The summed E-state index contributed by atoms with van der Waals surface area (Å²) < 4.78 is 0. The zero-order valence-electron chi connectivity index (χ0n) is 14.5. The number of benzene rings is 3. The quantitative estimate of drug-likeness (QED) is 0.582. The molecule has 3 heteroatoms. The molecule has 0 radical (unpaired) electrons. The van der Waals surface area contributed by atoms with Crippen molar-refractivity contribution in [3.05, 3.63) is 91.0 Å². The van der Waals surface area contributed by atoms with Crippen LogP contribution in [0.3, 0.4) is 0 Å². The molecule has 1 amide bonds. The van der Waals surface area contributed by atoms with Gasteiger partial charge in [-0.05, 0) is 36.4 Å². The van der Waals surface area contributed by atoms with Gasteiger partial charge in [0.15, 0.2) is 0 Å². The molecule has 0 saturated carbocycles. The molecule has 0 spiro atoms. The normalized spacial score (nSPS) is 10.5. The molecule has 0 bridgehead atoms. The Morgan fingerprint density at radius 2 is 1.00 bits per heavy atom. The van der Waals surface area contributed by atoms with Gasteiger partial charge in [-0.2, -0.15) is 0 Å². The lowest BCUT2D eigenvalue weighted by Gasteiger charge is -2.37. The molecule has 3 rings (SSSR count). The van der Waals surface area contributed by atoms with Crippen molar-refractivity contribution in [1.29, 1.82) is 0 Å². The van der Waals surface area contributed by atoms with Crippen molar-refractivity contribution in [3.8, 4) is 0 Å². The van der Waals surface area contributed by atoms with Crippen LogP contribution >= 0.6 is 0 Å². The van der Waals surface area contributed by atoms with E-state index in [-0.39, 0.29) is 11.8 Å². The maximum atomic E-state index is 13.1. The van der Waals surface area contributed by atoms with E-state index in [0.29, 0.717) is 0 Å². The smallest absolute Gasteiger partial charge is 0.248 e. The number of amides is 1. The summed E-state index contributed by atoms with van der Waals surface area (Å²) in [5, 5.41) is 3.73. The number of anilines is 3. The minimum Gasteiger partial charge on any atom is -0.272 e. The van der Waals surface area contributed by atoms with Gasteiger partial charge in [-0.3, -0.25) is 4.79 Å². The summed E-state index contributed by atoms with van der Waals surface area (Å²) in [6.45, 7) is 3.85. The monoisotopic (exact) mass is 330 g/mol. The molecule has 25 heavy (non-hydrogen) atoms. The first-order valence-corrected chi connectivity index (χ1v) is 8.47. The minimum absolute atomic E-state index is 0.0407. The Balaban J connectivity index is 2.18. The van der Waals surface area contributed by atoms with Gasteiger partial charge in [-0.25, -0.2) is 10.0 Å².